The topological polar surface area (TPSA) is 39.1 Å². The van der Waals surface area contributed by atoms with E-state index in [1.165, 1.54) is 24.1 Å². The van der Waals surface area contributed by atoms with Crippen LogP contribution in [0, 0.1) is 19.8 Å². The summed E-state index contributed by atoms with van der Waals surface area (Å²) in [5, 5.41) is 8.25. The minimum absolute atomic E-state index is 0.363. The fourth-order valence-electron chi connectivity index (χ4n) is 3.06. The van der Waals surface area contributed by atoms with Crippen molar-refractivity contribution < 1.29 is 4.74 Å². The zero-order valence-corrected chi connectivity index (χ0v) is 12.7. The Hall–Kier alpha value is -0.870. The SMILES string of the molecule is CCn1nc(C)c(C(C)NCC2CCCOC2)c1C. The summed E-state index contributed by atoms with van der Waals surface area (Å²) in [7, 11) is 0. The summed E-state index contributed by atoms with van der Waals surface area (Å²) in [6, 6.07) is 0.363. The molecule has 0 bridgehead atoms. The van der Waals surface area contributed by atoms with Crippen LogP contribution in [0.5, 0.6) is 0 Å². The number of aryl methyl sites for hydroxylation is 2. The molecule has 2 atom stereocenters. The Morgan fingerprint density at radius 2 is 2.26 bits per heavy atom. The number of rotatable bonds is 5. The van der Waals surface area contributed by atoms with Crippen molar-refractivity contribution in [1.82, 2.24) is 15.1 Å². The molecule has 0 amide bonds. The summed E-state index contributed by atoms with van der Waals surface area (Å²) in [6.07, 6.45) is 2.48. The van der Waals surface area contributed by atoms with E-state index >= 15 is 0 Å². The van der Waals surface area contributed by atoms with Gasteiger partial charge in [0.05, 0.1) is 12.3 Å². The number of hydrogen-bond donors (Lipinski definition) is 1. The van der Waals surface area contributed by atoms with Gasteiger partial charge in [-0.2, -0.15) is 5.10 Å². The second-order valence-electron chi connectivity index (χ2n) is 5.61. The van der Waals surface area contributed by atoms with Crippen molar-refractivity contribution in [2.24, 2.45) is 5.92 Å². The van der Waals surface area contributed by atoms with Gasteiger partial charge in [-0.3, -0.25) is 4.68 Å². The van der Waals surface area contributed by atoms with E-state index in [0.29, 0.717) is 12.0 Å². The number of hydrogen-bond acceptors (Lipinski definition) is 3. The van der Waals surface area contributed by atoms with Gasteiger partial charge in [0.2, 0.25) is 0 Å². The van der Waals surface area contributed by atoms with E-state index in [1.807, 2.05) is 0 Å². The highest BCUT2D eigenvalue weighted by Crippen LogP contribution is 2.22. The number of ether oxygens (including phenoxy) is 1. The lowest BCUT2D eigenvalue weighted by atomic mass is 10.0. The summed E-state index contributed by atoms with van der Waals surface area (Å²) < 4.78 is 7.62. The molecule has 0 aromatic carbocycles. The maximum atomic E-state index is 5.53. The zero-order valence-electron chi connectivity index (χ0n) is 12.7. The van der Waals surface area contributed by atoms with Crippen LogP contribution in [-0.4, -0.2) is 29.5 Å². The smallest absolute Gasteiger partial charge is 0.0644 e. The Balaban J connectivity index is 1.95. The van der Waals surface area contributed by atoms with Gasteiger partial charge in [0.25, 0.3) is 0 Å². The predicted molar refractivity (Wildman–Crippen MR) is 77.3 cm³/mol. The molecule has 1 N–H and O–H groups in total. The maximum absolute atomic E-state index is 5.53. The molecular formula is C15H27N3O. The van der Waals surface area contributed by atoms with E-state index in [0.717, 1.165) is 32.0 Å². The van der Waals surface area contributed by atoms with Gasteiger partial charge < -0.3 is 10.1 Å². The van der Waals surface area contributed by atoms with Crippen LogP contribution in [0.2, 0.25) is 0 Å². The van der Waals surface area contributed by atoms with Gasteiger partial charge in [-0.15, -0.1) is 0 Å². The number of aromatic nitrogens is 2. The standard InChI is InChI=1S/C15H27N3O/c1-5-18-13(4)15(12(3)17-18)11(2)16-9-14-7-6-8-19-10-14/h11,14,16H,5-10H2,1-4H3. The minimum Gasteiger partial charge on any atom is -0.381 e. The maximum Gasteiger partial charge on any atom is 0.0644 e. The summed E-state index contributed by atoms with van der Waals surface area (Å²) in [4.78, 5) is 0. The summed E-state index contributed by atoms with van der Waals surface area (Å²) in [5.74, 6) is 0.665. The highest BCUT2D eigenvalue weighted by Gasteiger charge is 2.19. The molecule has 0 radical (unpaired) electrons. The molecule has 1 aromatic rings. The molecule has 19 heavy (non-hydrogen) atoms. The Labute approximate surface area is 116 Å². The van der Waals surface area contributed by atoms with Crippen molar-refractivity contribution in [3.63, 3.8) is 0 Å². The first-order valence-electron chi connectivity index (χ1n) is 7.48. The minimum atomic E-state index is 0.363. The fraction of sp³-hybridized carbons (Fsp3) is 0.800. The van der Waals surface area contributed by atoms with Crippen molar-refractivity contribution in [2.75, 3.05) is 19.8 Å². The van der Waals surface area contributed by atoms with Crippen molar-refractivity contribution in [3.8, 4) is 0 Å². The largest absolute Gasteiger partial charge is 0.381 e. The summed E-state index contributed by atoms with van der Waals surface area (Å²) in [6.45, 7) is 12.5. The monoisotopic (exact) mass is 265 g/mol. The van der Waals surface area contributed by atoms with E-state index in [4.69, 9.17) is 4.74 Å². The van der Waals surface area contributed by atoms with E-state index in [1.54, 1.807) is 0 Å². The molecule has 2 rings (SSSR count). The normalized spacial score (nSPS) is 21.6. The van der Waals surface area contributed by atoms with Gasteiger partial charge in [0.1, 0.15) is 0 Å². The van der Waals surface area contributed by atoms with Crippen molar-refractivity contribution in [2.45, 2.75) is 53.1 Å². The van der Waals surface area contributed by atoms with E-state index in [-0.39, 0.29) is 0 Å². The van der Waals surface area contributed by atoms with E-state index in [9.17, 15) is 0 Å². The molecule has 4 heteroatoms. The lowest BCUT2D eigenvalue weighted by Crippen LogP contribution is -2.31. The van der Waals surface area contributed by atoms with Crippen molar-refractivity contribution in [1.29, 1.82) is 0 Å². The van der Waals surface area contributed by atoms with Crippen LogP contribution >= 0.6 is 0 Å². The predicted octanol–water partition coefficient (Wildman–Crippen LogP) is 2.60. The lowest BCUT2D eigenvalue weighted by Gasteiger charge is -2.24. The third-order valence-electron chi connectivity index (χ3n) is 4.14. The molecule has 1 saturated heterocycles. The average molecular weight is 265 g/mol. The first-order chi connectivity index (χ1) is 9.13. The van der Waals surface area contributed by atoms with Crippen LogP contribution in [0.25, 0.3) is 0 Å². The summed E-state index contributed by atoms with van der Waals surface area (Å²) >= 11 is 0. The molecule has 1 aromatic heterocycles. The molecule has 1 fully saturated rings. The van der Waals surface area contributed by atoms with Crippen LogP contribution < -0.4 is 5.32 Å². The van der Waals surface area contributed by atoms with Crippen LogP contribution in [0.1, 0.15) is 49.7 Å². The molecule has 1 aliphatic rings. The average Bonchev–Trinajstić information content (AvgIpc) is 2.72. The quantitative estimate of drug-likeness (QED) is 0.889. The first kappa shape index (κ1) is 14.5. The van der Waals surface area contributed by atoms with Gasteiger partial charge in [-0.05, 0) is 46.5 Å². The molecule has 2 unspecified atom stereocenters. The molecule has 108 valence electrons. The Morgan fingerprint density at radius 3 is 2.84 bits per heavy atom. The molecule has 0 spiro atoms. The van der Waals surface area contributed by atoms with Crippen LogP contribution in [0.3, 0.4) is 0 Å². The summed E-state index contributed by atoms with van der Waals surface area (Å²) in [5.41, 5.74) is 3.80. The van der Waals surface area contributed by atoms with E-state index in [2.05, 4.69) is 42.8 Å². The van der Waals surface area contributed by atoms with Crippen LogP contribution in [-0.2, 0) is 11.3 Å². The van der Waals surface area contributed by atoms with Crippen LogP contribution in [0.15, 0.2) is 0 Å². The second-order valence-corrected chi connectivity index (χ2v) is 5.61. The van der Waals surface area contributed by atoms with Gasteiger partial charge in [0.15, 0.2) is 0 Å². The van der Waals surface area contributed by atoms with Gasteiger partial charge in [0, 0.05) is 37.0 Å². The first-order valence-corrected chi connectivity index (χ1v) is 7.48. The molecule has 0 aliphatic carbocycles. The van der Waals surface area contributed by atoms with E-state index < -0.39 is 0 Å². The molecular weight excluding hydrogens is 238 g/mol. The van der Waals surface area contributed by atoms with Crippen LogP contribution in [0.4, 0.5) is 0 Å². The molecule has 4 nitrogen and oxygen atoms in total. The molecule has 0 saturated carbocycles. The van der Waals surface area contributed by atoms with Gasteiger partial charge >= 0.3 is 0 Å². The third-order valence-corrected chi connectivity index (χ3v) is 4.14. The number of nitrogens with one attached hydrogen (secondary N) is 1. The lowest BCUT2D eigenvalue weighted by molar-refractivity contribution is 0.0540. The third kappa shape index (κ3) is 3.37. The Morgan fingerprint density at radius 1 is 1.47 bits per heavy atom. The molecule has 1 aliphatic heterocycles. The second kappa shape index (κ2) is 6.53. The Kier molecular flexibility index (Phi) is 4.99. The fourth-order valence-corrected chi connectivity index (χ4v) is 3.06. The van der Waals surface area contributed by atoms with Gasteiger partial charge in [-0.1, -0.05) is 0 Å². The van der Waals surface area contributed by atoms with Crippen molar-refractivity contribution >= 4 is 0 Å². The van der Waals surface area contributed by atoms with Gasteiger partial charge in [-0.25, -0.2) is 0 Å². The highest BCUT2D eigenvalue weighted by atomic mass is 16.5. The number of nitrogens with zero attached hydrogens (tertiary/aromatic N) is 2. The Bertz CT molecular complexity index is 408. The molecule has 2 heterocycles. The zero-order chi connectivity index (χ0) is 13.8. The highest BCUT2D eigenvalue weighted by molar-refractivity contribution is 5.27. The van der Waals surface area contributed by atoms with Crippen molar-refractivity contribution in [3.05, 3.63) is 17.0 Å².